The van der Waals surface area contributed by atoms with Crippen LogP contribution < -0.4 is 0 Å². The second kappa shape index (κ2) is 8.31. The molecule has 0 bridgehead atoms. The van der Waals surface area contributed by atoms with E-state index >= 15 is 0 Å². The minimum atomic E-state index is -0.328. The van der Waals surface area contributed by atoms with Gasteiger partial charge in [-0.25, -0.2) is 4.39 Å². The van der Waals surface area contributed by atoms with E-state index in [0.717, 1.165) is 17.3 Å². The van der Waals surface area contributed by atoms with Crippen molar-refractivity contribution in [1.29, 1.82) is 0 Å². The van der Waals surface area contributed by atoms with Gasteiger partial charge in [-0.3, -0.25) is 9.59 Å². The maximum absolute atomic E-state index is 14.0. The molecule has 0 radical (unpaired) electrons. The molecule has 1 aliphatic heterocycles. The Bertz CT molecular complexity index is 797. The van der Waals surface area contributed by atoms with Crippen LogP contribution in [0, 0.1) is 11.7 Å². The fraction of sp³-hybridized carbons (Fsp3) is 0.368. The number of carbonyl (C=O) groups is 2. The first kappa shape index (κ1) is 19.0. The van der Waals surface area contributed by atoms with Crippen LogP contribution in [-0.4, -0.2) is 41.8 Å². The molecule has 1 saturated heterocycles. The van der Waals surface area contributed by atoms with Gasteiger partial charge in [-0.15, -0.1) is 11.3 Å². The Labute approximate surface area is 164 Å². The summed E-state index contributed by atoms with van der Waals surface area (Å²) in [7, 11) is 1.68. The van der Waals surface area contributed by atoms with Gasteiger partial charge < -0.3 is 9.80 Å². The Hall–Kier alpha value is -1.73. The van der Waals surface area contributed by atoms with Gasteiger partial charge in [-0.05, 0) is 42.5 Å². The first-order valence-corrected chi connectivity index (χ1v) is 10.1. The van der Waals surface area contributed by atoms with Crippen LogP contribution in [0.3, 0.4) is 0 Å². The van der Waals surface area contributed by atoms with Crippen molar-refractivity contribution in [2.75, 3.05) is 20.1 Å². The lowest BCUT2D eigenvalue weighted by atomic mass is 9.96. The molecule has 0 aliphatic carbocycles. The monoisotopic (exact) mass is 438 g/mol. The van der Waals surface area contributed by atoms with Crippen LogP contribution in [0.5, 0.6) is 0 Å². The molecule has 1 fully saturated rings. The number of carbonyl (C=O) groups excluding carboxylic acids is 2. The second-order valence-electron chi connectivity index (χ2n) is 6.50. The number of halogens is 2. The van der Waals surface area contributed by atoms with E-state index in [-0.39, 0.29) is 30.1 Å². The maximum Gasteiger partial charge on any atom is 0.263 e. The summed E-state index contributed by atoms with van der Waals surface area (Å²) in [5.74, 6) is -0.634. The third-order valence-electron chi connectivity index (χ3n) is 4.58. The molecule has 0 spiro atoms. The third kappa shape index (κ3) is 4.32. The summed E-state index contributed by atoms with van der Waals surface area (Å²) in [6, 6.07) is 8.37. The number of likely N-dealkylation sites (tertiary alicyclic amines) is 1. The van der Waals surface area contributed by atoms with Crippen molar-refractivity contribution in [3.63, 3.8) is 0 Å². The van der Waals surface area contributed by atoms with Gasteiger partial charge in [0.05, 0.1) is 10.8 Å². The van der Waals surface area contributed by atoms with Gasteiger partial charge in [0.25, 0.3) is 5.91 Å². The molecule has 1 atom stereocenters. The highest BCUT2D eigenvalue weighted by Crippen LogP contribution is 2.23. The summed E-state index contributed by atoms with van der Waals surface area (Å²) in [5, 5.41) is 1.88. The highest BCUT2D eigenvalue weighted by Gasteiger charge is 2.31. The van der Waals surface area contributed by atoms with E-state index in [0.29, 0.717) is 23.5 Å². The lowest BCUT2D eigenvalue weighted by Crippen LogP contribution is -2.45. The van der Waals surface area contributed by atoms with Crippen LogP contribution in [0.25, 0.3) is 0 Å². The molecule has 2 heterocycles. The zero-order chi connectivity index (χ0) is 18.7. The number of rotatable bonds is 4. The van der Waals surface area contributed by atoms with E-state index in [2.05, 4.69) is 15.9 Å². The van der Waals surface area contributed by atoms with Gasteiger partial charge in [0.15, 0.2) is 0 Å². The van der Waals surface area contributed by atoms with E-state index in [4.69, 9.17) is 0 Å². The van der Waals surface area contributed by atoms with Gasteiger partial charge in [-0.2, -0.15) is 0 Å². The predicted octanol–water partition coefficient (Wildman–Crippen LogP) is 4.16. The smallest absolute Gasteiger partial charge is 0.263 e. The van der Waals surface area contributed by atoms with E-state index in [9.17, 15) is 14.0 Å². The molecule has 1 unspecified atom stereocenters. The standard InChI is InChI=1S/C19H20BrFN2O2S/c1-22(11-14-10-15(20)6-7-16(14)21)18(24)13-4-2-8-23(12-13)19(25)17-5-3-9-26-17/h3,5-7,9-10,13H,2,4,8,11-12H2,1H3. The van der Waals surface area contributed by atoms with Crippen molar-refractivity contribution in [3.05, 3.63) is 56.4 Å². The molecule has 1 aromatic heterocycles. The van der Waals surface area contributed by atoms with Crippen LogP contribution >= 0.6 is 27.3 Å². The topological polar surface area (TPSA) is 40.6 Å². The van der Waals surface area contributed by atoms with Crippen LogP contribution in [0.2, 0.25) is 0 Å². The molecule has 4 nitrogen and oxygen atoms in total. The average Bonchev–Trinajstić information content (AvgIpc) is 3.18. The largest absolute Gasteiger partial charge is 0.341 e. The molecule has 2 amide bonds. The highest BCUT2D eigenvalue weighted by atomic mass is 79.9. The average molecular weight is 439 g/mol. The molecule has 3 rings (SSSR count). The number of piperidine rings is 1. The summed E-state index contributed by atoms with van der Waals surface area (Å²) in [6.07, 6.45) is 1.55. The van der Waals surface area contributed by atoms with Crippen molar-refractivity contribution in [3.8, 4) is 0 Å². The minimum absolute atomic E-state index is 0.0156. The summed E-state index contributed by atoms with van der Waals surface area (Å²) in [5.41, 5.74) is 0.470. The molecule has 1 aromatic carbocycles. The van der Waals surface area contributed by atoms with Gasteiger partial charge in [0, 0.05) is 36.7 Å². The summed E-state index contributed by atoms with van der Waals surface area (Å²) < 4.78 is 14.7. The summed E-state index contributed by atoms with van der Waals surface area (Å²) in [4.78, 5) is 29.3. The van der Waals surface area contributed by atoms with E-state index in [1.807, 2.05) is 11.4 Å². The maximum atomic E-state index is 14.0. The Morgan fingerprint density at radius 2 is 2.19 bits per heavy atom. The fourth-order valence-electron chi connectivity index (χ4n) is 3.23. The molecule has 1 aliphatic rings. The molecular formula is C19H20BrFN2O2S. The van der Waals surface area contributed by atoms with Crippen molar-refractivity contribution < 1.29 is 14.0 Å². The lowest BCUT2D eigenvalue weighted by Gasteiger charge is -2.33. The van der Waals surface area contributed by atoms with Gasteiger partial charge in [-0.1, -0.05) is 22.0 Å². The van der Waals surface area contributed by atoms with Crippen LogP contribution in [0.1, 0.15) is 28.1 Å². The molecule has 2 aromatic rings. The number of hydrogen-bond donors (Lipinski definition) is 0. The summed E-state index contributed by atoms with van der Waals surface area (Å²) in [6.45, 7) is 1.30. The Kier molecular flexibility index (Phi) is 6.09. The number of nitrogens with zero attached hydrogens (tertiary/aromatic N) is 2. The fourth-order valence-corrected chi connectivity index (χ4v) is 4.33. The summed E-state index contributed by atoms with van der Waals surface area (Å²) >= 11 is 4.74. The van der Waals surface area contributed by atoms with E-state index < -0.39 is 0 Å². The number of amides is 2. The van der Waals surface area contributed by atoms with Crippen molar-refractivity contribution >= 4 is 39.1 Å². The van der Waals surface area contributed by atoms with Gasteiger partial charge in [0.2, 0.25) is 5.91 Å². The zero-order valence-electron chi connectivity index (χ0n) is 14.5. The van der Waals surface area contributed by atoms with Crippen LogP contribution in [0.4, 0.5) is 4.39 Å². The minimum Gasteiger partial charge on any atom is -0.341 e. The zero-order valence-corrected chi connectivity index (χ0v) is 16.9. The Morgan fingerprint density at radius 1 is 1.38 bits per heavy atom. The first-order chi connectivity index (χ1) is 12.5. The number of thiophene rings is 1. The van der Waals surface area contributed by atoms with Crippen LogP contribution in [-0.2, 0) is 11.3 Å². The van der Waals surface area contributed by atoms with Crippen molar-refractivity contribution in [2.24, 2.45) is 5.92 Å². The number of hydrogen-bond acceptors (Lipinski definition) is 3. The normalized spacial score (nSPS) is 17.2. The quantitative estimate of drug-likeness (QED) is 0.718. The Morgan fingerprint density at radius 3 is 2.92 bits per heavy atom. The molecule has 26 heavy (non-hydrogen) atoms. The SMILES string of the molecule is CN(Cc1cc(Br)ccc1F)C(=O)C1CCCN(C(=O)c2cccs2)C1. The molecule has 0 saturated carbocycles. The first-order valence-electron chi connectivity index (χ1n) is 8.47. The van der Waals surface area contributed by atoms with E-state index in [1.165, 1.54) is 17.4 Å². The number of benzene rings is 1. The highest BCUT2D eigenvalue weighted by molar-refractivity contribution is 9.10. The van der Waals surface area contributed by atoms with Crippen molar-refractivity contribution in [1.82, 2.24) is 9.80 Å². The van der Waals surface area contributed by atoms with Gasteiger partial charge >= 0.3 is 0 Å². The molecule has 7 heteroatoms. The second-order valence-corrected chi connectivity index (χ2v) is 8.36. The lowest BCUT2D eigenvalue weighted by molar-refractivity contribution is -0.136. The predicted molar refractivity (Wildman–Crippen MR) is 104 cm³/mol. The van der Waals surface area contributed by atoms with Crippen LogP contribution in [0.15, 0.2) is 40.2 Å². The molecular weight excluding hydrogens is 419 g/mol. The molecule has 138 valence electrons. The van der Waals surface area contributed by atoms with E-state index in [1.54, 1.807) is 35.0 Å². The van der Waals surface area contributed by atoms with Gasteiger partial charge in [0.1, 0.15) is 5.82 Å². The Balaban J connectivity index is 1.65. The third-order valence-corrected chi connectivity index (χ3v) is 5.93. The van der Waals surface area contributed by atoms with Crippen molar-refractivity contribution in [2.45, 2.75) is 19.4 Å². The molecule has 0 N–H and O–H groups in total.